The SMILES string of the molecule is Cc1cc(C)cc(S(=O)(=O)NC(CN)C2CCCC2)c1. The van der Waals surface area contributed by atoms with Gasteiger partial charge < -0.3 is 5.73 Å². The Hall–Kier alpha value is -0.910. The summed E-state index contributed by atoms with van der Waals surface area (Å²) in [5, 5.41) is 0. The van der Waals surface area contributed by atoms with Crippen molar-refractivity contribution in [2.75, 3.05) is 6.54 Å². The van der Waals surface area contributed by atoms with Crippen LogP contribution < -0.4 is 10.5 Å². The molecule has 4 nitrogen and oxygen atoms in total. The first-order valence-corrected chi connectivity index (χ1v) is 8.71. The number of rotatable bonds is 5. The number of hydrogen-bond donors (Lipinski definition) is 2. The van der Waals surface area contributed by atoms with E-state index in [1.54, 1.807) is 12.1 Å². The highest BCUT2D eigenvalue weighted by Crippen LogP contribution is 2.28. The van der Waals surface area contributed by atoms with Gasteiger partial charge in [0.15, 0.2) is 0 Å². The molecule has 3 N–H and O–H groups in total. The molecular formula is C15H24N2O2S. The summed E-state index contributed by atoms with van der Waals surface area (Å²) in [6.07, 6.45) is 4.48. The number of sulfonamides is 1. The lowest BCUT2D eigenvalue weighted by molar-refractivity contribution is 0.405. The quantitative estimate of drug-likeness (QED) is 0.874. The van der Waals surface area contributed by atoms with Gasteiger partial charge in [0.2, 0.25) is 10.0 Å². The maximum atomic E-state index is 12.5. The van der Waals surface area contributed by atoms with Crippen molar-refractivity contribution in [1.29, 1.82) is 0 Å². The number of nitrogens with one attached hydrogen (secondary N) is 1. The van der Waals surface area contributed by atoms with Crippen LogP contribution >= 0.6 is 0 Å². The standard InChI is InChI=1S/C15H24N2O2S/c1-11-7-12(2)9-14(8-11)20(18,19)17-15(10-16)13-5-3-4-6-13/h7-9,13,15,17H,3-6,10,16H2,1-2H3. The van der Waals surface area contributed by atoms with Crippen LogP contribution in [0.15, 0.2) is 23.1 Å². The van der Waals surface area contributed by atoms with E-state index >= 15 is 0 Å². The van der Waals surface area contributed by atoms with Gasteiger partial charge in [-0.3, -0.25) is 0 Å². The molecular weight excluding hydrogens is 272 g/mol. The first-order chi connectivity index (χ1) is 9.42. The zero-order valence-corrected chi connectivity index (χ0v) is 13.0. The minimum absolute atomic E-state index is 0.150. The average Bonchev–Trinajstić information content (AvgIpc) is 2.88. The Kier molecular flexibility index (Phi) is 4.83. The molecule has 0 aromatic heterocycles. The van der Waals surface area contributed by atoms with Crippen molar-refractivity contribution < 1.29 is 8.42 Å². The van der Waals surface area contributed by atoms with Gasteiger partial charge in [-0.05, 0) is 55.9 Å². The van der Waals surface area contributed by atoms with Gasteiger partial charge >= 0.3 is 0 Å². The summed E-state index contributed by atoms with van der Waals surface area (Å²) in [4.78, 5) is 0.339. The lowest BCUT2D eigenvalue weighted by Crippen LogP contribution is -2.44. The summed E-state index contributed by atoms with van der Waals surface area (Å²) in [6, 6.07) is 5.23. The largest absolute Gasteiger partial charge is 0.329 e. The molecule has 1 saturated carbocycles. The molecule has 0 amide bonds. The third-order valence-electron chi connectivity index (χ3n) is 4.03. The number of nitrogens with two attached hydrogens (primary N) is 1. The Morgan fingerprint density at radius 3 is 2.25 bits per heavy atom. The summed E-state index contributed by atoms with van der Waals surface area (Å²) in [7, 11) is -3.48. The van der Waals surface area contributed by atoms with E-state index in [-0.39, 0.29) is 6.04 Å². The Morgan fingerprint density at radius 1 is 1.20 bits per heavy atom. The molecule has 112 valence electrons. The molecule has 0 bridgehead atoms. The van der Waals surface area contributed by atoms with Crippen LogP contribution in [0.2, 0.25) is 0 Å². The van der Waals surface area contributed by atoms with Crippen molar-refractivity contribution >= 4 is 10.0 Å². The lowest BCUT2D eigenvalue weighted by atomic mass is 9.99. The zero-order valence-electron chi connectivity index (χ0n) is 12.2. The second-order valence-corrected chi connectivity index (χ2v) is 7.55. The van der Waals surface area contributed by atoms with Crippen LogP contribution in [0.3, 0.4) is 0 Å². The highest BCUT2D eigenvalue weighted by atomic mass is 32.2. The second-order valence-electron chi connectivity index (χ2n) is 5.83. The van der Waals surface area contributed by atoms with Crippen LogP contribution in [0.1, 0.15) is 36.8 Å². The van der Waals surface area contributed by atoms with Gasteiger partial charge in [-0.2, -0.15) is 0 Å². The number of hydrogen-bond acceptors (Lipinski definition) is 3. The molecule has 0 saturated heterocycles. The van der Waals surface area contributed by atoms with Gasteiger partial charge in [0.25, 0.3) is 0 Å². The van der Waals surface area contributed by atoms with Crippen LogP contribution in [0.5, 0.6) is 0 Å². The Labute approximate surface area is 121 Å². The number of benzene rings is 1. The Morgan fingerprint density at radius 2 is 1.75 bits per heavy atom. The highest BCUT2D eigenvalue weighted by molar-refractivity contribution is 7.89. The predicted octanol–water partition coefficient (Wildman–Crippen LogP) is 2.10. The Balaban J connectivity index is 2.20. The van der Waals surface area contributed by atoms with Crippen molar-refractivity contribution in [2.24, 2.45) is 11.7 Å². The van der Waals surface area contributed by atoms with Crippen LogP contribution in [-0.2, 0) is 10.0 Å². The molecule has 5 heteroatoms. The molecule has 1 fully saturated rings. The smallest absolute Gasteiger partial charge is 0.240 e. The van der Waals surface area contributed by atoms with Gasteiger partial charge in [0.1, 0.15) is 0 Å². The van der Waals surface area contributed by atoms with Crippen molar-refractivity contribution in [1.82, 2.24) is 4.72 Å². The van der Waals surface area contributed by atoms with Crippen LogP contribution in [0, 0.1) is 19.8 Å². The fraction of sp³-hybridized carbons (Fsp3) is 0.600. The molecule has 0 spiro atoms. The van der Waals surface area contributed by atoms with Crippen molar-refractivity contribution in [2.45, 2.75) is 50.5 Å². The molecule has 2 rings (SSSR count). The normalized spacial score (nSPS) is 18.4. The van der Waals surface area contributed by atoms with Gasteiger partial charge in [0, 0.05) is 12.6 Å². The third kappa shape index (κ3) is 3.59. The zero-order chi connectivity index (χ0) is 14.8. The molecule has 1 unspecified atom stereocenters. The van der Waals surface area contributed by atoms with E-state index in [4.69, 9.17) is 5.73 Å². The van der Waals surface area contributed by atoms with Crippen LogP contribution in [0.4, 0.5) is 0 Å². The lowest BCUT2D eigenvalue weighted by Gasteiger charge is -2.23. The van der Waals surface area contributed by atoms with Crippen molar-refractivity contribution in [3.8, 4) is 0 Å². The van der Waals surface area contributed by atoms with E-state index < -0.39 is 10.0 Å². The molecule has 0 heterocycles. The monoisotopic (exact) mass is 296 g/mol. The molecule has 0 aliphatic heterocycles. The minimum atomic E-state index is -3.48. The summed E-state index contributed by atoms with van der Waals surface area (Å²) >= 11 is 0. The third-order valence-corrected chi connectivity index (χ3v) is 5.50. The van der Waals surface area contributed by atoms with E-state index in [0.717, 1.165) is 24.0 Å². The average molecular weight is 296 g/mol. The van der Waals surface area contributed by atoms with E-state index in [0.29, 0.717) is 17.4 Å². The van der Waals surface area contributed by atoms with E-state index in [9.17, 15) is 8.42 Å². The maximum Gasteiger partial charge on any atom is 0.240 e. The second kappa shape index (κ2) is 6.24. The first-order valence-electron chi connectivity index (χ1n) is 7.23. The van der Waals surface area contributed by atoms with E-state index in [2.05, 4.69) is 4.72 Å². The summed E-state index contributed by atoms with van der Waals surface area (Å²) in [5.41, 5.74) is 7.68. The van der Waals surface area contributed by atoms with Gasteiger partial charge in [-0.1, -0.05) is 18.9 Å². The molecule has 20 heavy (non-hydrogen) atoms. The molecule has 1 aromatic rings. The van der Waals surface area contributed by atoms with Gasteiger partial charge in [-0.15, -0.1) is 0 Å². The van der Waals surface area contributed by atoms with E-state index in [1.165, 1.54) is 12.8 Å². The van der Waals surface area contributed by atoms with Crippen LogP contribution in [0.25, 0.3) is 0 Å². The summed E-state index contributed by atoms with van der Waals surface area (Å²) < 4.78 is 27.8. The number of aryl methyl sites for hydroxylation is 2. The molecule has 1 aliphatic rings. The molecule has 1 aliphatic carbocycles. The minimum Gasteiger partial charge on any atom is -0.329 e. The van der Waals surface area contributed by atoms with Crippen molar-refractivity contribution in [3.63, 3.8) is 0 Å². The molecule has 0 radical (unpaired) electrons. The van der Waals surface area contributed by atoms with Gasteiger partial charge in [-0.25, -0.2) is 13.1 Å². The fourth-order valence-corrected chi connectivity index (χ4v) is 4.56. The predicted molar refractivity (Wildman–Crippen MR) is 81.0 cm³/mol. The molecule has 1 atom stereocenters. The summed E-state index contributed by atoms with van der Waals surface area (Å²) in [6.45, 7) is 4.17. The fourth-order valence-electron chi connectivity index (χ4n) is 3.05. The highest BCUT2D eigenvalue weighted by Gasteiger charge is 2.28. The van der Waals surface area contributed by atoms with Gasteiger partial charge in [0.05, 0.1) is 4.90 Å². The Bertz CT molecular complexity index is 543. The topological polar surface area (TPSA) is 72.2 Å². The summed E-state index contributed by atoms with van der Waals surface area (Å²) in [5.74, 6) is 0.376. The van der Waals surface area contributed by atoms with Crippen molar-refractivity contribution in [3.05, 3.63) is 29.3 Å². The molecule has 1 aromatic carbocycles. The van der Waals surface area contributed by atoms with Crippen LogP contribution in [-0.4, -0.2) is 21.0 Å². The maximum absolute atomic E-state index is 12.5. The van der Waals surface area contributed by atoms with E-state index in [1.807, 2.05) is 19.9 Å². The first kappa shape index (κ1) is 15.5.